The number of carbonyl (C=O) groups excluding carboxylic acids is 1. The molecule has 3 rings (SSSR count). The molecule has 1 aromatic rings. The van der Waals surface area contributed by atoms with Gasteiger partial charge in [-0.1, -0.05) is 12.8 Å². The number of benzene rings is 1. The van der Waals surface area contributed by atoms with Gasteiger partial charge in [0.15, 0.2) is 0 Å². The zero-order chi connectivity index (χ0) is 16.1. The molecule has 0 aliphatic carbocycles. The van der Waals surface area contributed by atoms with E-state index in [1.165, 1.54) is 38.8 Å². The number of ether oxygens (including phenoxy) is 1. The van der Waals surface area contributed by atoms with Gasteiger partial charge in [0.2, 0.25) is 0 Å². The van der Waals surface area contributed by atoms with Gasteiger partial charge in [-0.3, -0.25) is 4.90 Å². The third-order valence-corrected chi connectivity index (χ3v) is 4.72. The van der Waals surface area contributed by atoms with E-state index in [1.54, 1.807) is 0 Å². The third kappa shape index (κ3) is 4.16. The van der Waals surface area contributed by atoms with Crippen LogP contribution in [0.5, 0.6) is 5.75 Å². The van der Waals surface area contributed by atoms with Crippen LogP contribution in [0.4, 0.5) is 10.5 Å². The second kappa shape index (κ2) is 7.68. The maximum atomic E-state index is 12.3. The topological polar surface area (TPSA) is 44.8 Å². The van der Waals surface area contributed by atoms with Crippen molar-refractivity contribution in [1.82, 2.24) is 9.80 Å². The van der Waals surface area contributed by atoms with Gasteiger partial charge in [0.05, 0.1) is 6.61 Å². The van der Waals surface area contributed by atoms with E-state index in [2.05, 4.69) is 10.2 Å². The highest BCUT2D eigenvalue weighted by Gasteiger charge is 2.34. The lowest BCUT2D eigenvalue weighted by Crippen LogP contribution is -2.62. The molecule has 2 aliphatic rings. The van der Waals surface area contributed by atoms with E-state index in [0.29, 0.717) is 12.6 Å². The van der Waals surface area contributed by atoms with Gasteiger partial charge in [0.25, 0.3) is 0 Å². The number of hydrogen-bond acceptors (Lipinski definition) is 3. The normalized spacial score (nSPS) is 19.8. The zero-order valence-electron chi connectivity index (χ0n) is 14.0. The molecule has 1 N–H and O–H groups in total. The number of rotatable bonds is 4. The summed E-state index contributed by atoms with van der Waals surface area (Å²) in [6.07, 6.45) is 5.31. The van der Waals surface area contributed by atoms with Crippen LogP contribution < -0.4 is 10.1 Å². The van der Waals surface area contributed by atoms with Gasteiger partial charge in [-0.15, -0.1) is 0 Å². The van der Waals surface area contributed by atoms with Crippen LogP contribution in [0.2, 0.25) is 0 Å². The van der Waals surface area contributed by atoms with Gasteiger partial charge in [-0.25, -0.2) is 4.79 Å². The summed E-state index contributed by atoms with van der Waals surface area (Å²) < 4.78 is 5.41. The summed E-state index contributed by atoms with van der Waals surface area (Å²) in [7, 11) is 0. The largest absolute Gasteiger partial charge is 0.494 e. The van der Waals surface area contributed by atoms with Crippen LogP contribution >= 0.6 is 0 Å². The summed E-state index contributed by atoms with van der Waals surface area (Å²) >= 11 is 0. The lowest BCUT2D eigenvalue weighted by atomic mass is 10.1. The van der Waals surface area contributed by atoms with Crippen molar-refractivity contribution in [2.45, 2.75) is 38.6 Å². The Kier molecular flexibility index (Phi) is 5.39. The molecule has 23 heavy (non-hydrogen) atoms. The molecule has 2 heterocycles. The number of nitrogens with zero attached hydrogens (tertiary/aromatic N) is 2. The standard InChI is InChI=1S/C18H27N3O2/c1-2-23-17-9-7-15(8-10-17)19-18(22)21-13-16(14-21)20-11-5-3-4-6-12-20/h7-10,16H,2-6,11-14H2,1H3,(H,19,22). The van der Waals surface area contributed by atoms with Crippen molar-refractivity contribution in [1.29, 1.82) is 0 Å². The molecule has 0 radical (unpaired) electrons. The number of hydrogen-bond donors (Lipinski definition) is 1. The SMILES string of the molecule is CCOc1ccc(NC(=O)N2CC(N3CCCCCC3)C2)cc1. The van der Waals surface area contributed by atoms with E-state index in [9.17, 15) is 4.79 Å². The molecule has 5 heteroatoms. The van der Waals surface area contributed by atoms with Crippen molar-refractivity contribution in [2.24, 2.45) is 0 Å². The summed E-state index contributed by atoms with van der Waals surface area (Å²) in [4.78, 5) is 16.7. The molecule has 0 atom stereocenters. The fourth-order valence-corrected chi connectivity index (χ4v) is 3.32. The van der Waals surface area contributed by atoms with E-state index >= 15 is 0 Å². The van der Waals surface area contributed by atoms with Gasteiger partial charge < -0.3 is 15.0 Å². The number of urea groups is 1. The van der Waals surface area contributed by atoms with E-state index in [4.69, 9.17) is 4.74 Å². The molecule has 2 fully saturated rings. The second-order valence-electron chi connectivity index (χ2n) is 6.40. The summed E-state index contributed by atoms with van der Waals surface area (Å²) in [5, 5.41) is 2.96. The van der Waals surface area contributed by atoms with Crippen molar-refractivity contribution in [3.05, 3.63) is 24.3 Å². The summed E-state index contributed by atoms with van der Waals surface area (Å²) in [5.41, 5.74) is 0.816. The van der Waals surface area contributed by atoms with Gasteiger partial charge in [0.1, 0.15) is 5.75 Å². The Morgan fingerprint density at radius 2 is 1.78 bits per heavy atom. The van der Waals surface area contributed by atoms with Crippen LogP contribution in [-0.4, -0.2) is 54.7 Å². The van der Waals surface area contributed by atoms with Gasteiger partial charge in [0, 0.05) is 24.8 Å². The fourth-order valence-electron chi connectivity index (χ4n) is 3.32. The molecule has 0 unspecified atom stereocenters. The first kappa shape index (κ1) is 16.1. The predicted octanol–water partition coefficient (Wildman–Crippen LogP) is 3.18. The Balaban J connectivity index is 1.45. The molecule has 0 spiro atoms. The number of anilines is 1. The molecule has 5 nitrogen and oxygen atoms in total. The molecule has 2 amide bonds. The van der Waals surface area contributed by atoms with Gasteiger partial charge in [-0.05, 0) is 57.1 Å². The summed E-state index contributed by atoms with van der Waals surface area (Å²) in [5.74, 6) is 0.829. The molecule has 0 bridgehead atoms. The van der Waals surface area contributed by atoms with Crippen LogP contribution in [0, 0.1) is 0 Å². The predicted molar refractivity (Wildman–Crippen MR) is 92.0 cm³/mol. The van der Waals surface area contributed by atoms with Gasteiger partial charge >= 0.3 is 6.03 Å². The number of likely N-dealkylation sites (tertiary alicyclic amines) is 2. The van der Waals surface area contributed by atoms with Crippen LogP contribution in [0.3, 0.4) is 0 Å². The Hall–Kier alpha value is -1.75. The van der Waals surface area contributed by atoms with Crippen molar-refractivity contribution in [3.8, 4) is 5.75 Å². The average Bonchev–Trinajstić information content (AvgIpc) is 2.77. The molecule has 0 saturated carbocycles. The highest BCUT2D eigenvalue weighted by atomic mass is 16.5. The minimum Gasteiger partial charge on any atom is -0.494 e. The minimum absolute atomic E-state index is 0.000215. The van der Waals surface area contributed by atoms with Crippen LogP contribution in [0.15, 0.2) is 24.3 Å². The van der Waals surface area contributed by atoms with Crippen molar-refractivity contribution >= 4 is 11.7 Å². The Labute approximate surface area is 138 Å². The molecular weight excluding hydrogens is 290 g/mol. The maximum absolute atomic E-state index is 12.3. The quantitative estimate of drug-likeness (QED) is 0.927. The monoisotopic (exact) mass is 317 g/mol. The smallest absolute Gasteiger partial charge is 0.321 e. The van der Waals surface area contributed by atoms with Crippen molar-refractivity contribution in [3.63, 3.8) is 0 Å². The Morgan fingerprint density at radius 3 is 2.39 bits per heavy atom. The fraction of sp³-hybridized carbons (Fsp3) is 0.611. The summed E-state index contributed by atoms with van der Waals surface area (Å²) in [6, 6.07) is 8.09. The minimum atomic E-state index is 0.000215. The average molecular weight is 317 g/mol. The Morgan fingerprint density at radius 1 is 1.13 bits per heavy atom. The highest BCUT2D eigenvalue weighted by Crippen LogP contribution is 2.21. The first-order chi connectivity index (χ1) is 11.3. The first-order valence-corrected chi connectivity index (χ1v) is 8.79. The van der Waals surface area contributed by atoms with Crippen LogP contribution in [0.1, 0.15) is 32.6 Å². The van der Waals surface area contributed by atoms with E-state index in [0.717, 1.165) is 24.5 Å². The van der Waals surface area contributed by atoms with E-state index < -0.39 is 0 Å². The maximum Gasteiger partial charge on any atom is 0.321 e. The molecule has 2 saturated heterocycles. The molecule has 0 aromatic heterocycles. The lowest BCUT2D eigenvalue weighted by molar-refractivity contribution is 0.0638. The number of amides is 2. The highest BCUT2D eigenvalue weighted by molar-refractivity contribution is 5.90. The number of nitrogens with one attached hydrogen (secondary N) is 1. The summed E-state index contributed by atoms with van der Waals surface area (Å²) in [6.45, 7) is 6.70. The Bertz CT molecular complexity index is 504. The van der Waals surface area contributed by atoms with E-state index in [1.807, 2.05) is 36.1 Å². The molecule has 126 valence electrons. The van der Waals surface area contributed by atoms with Crippen molar-refractivity contribution < 1.29 is 9.53 Å². The molecule has 2 aliphatic heterocycles. The third-order valence-electron chi connectivity index (χ3n) is 4.72. The van der Waals surface area contributed by atoms with Gasteiger partial charge in [-0.2, -0.15) is 0 Å². The second-order valence-corrected chi connectivity index (χ2v) is 6.40. The molecular formula is C18H27N3O2. The first-order valence-electron chi connectivity index (χ1n) is 8.79. The lowest BCUT2D eigenvalue weighted by Gasteiger charge is -2.45. The van der Waals surface area contributed by atoms with Crippen LogP contribution in [0.25, 0.3) is 0 Å². The van der Waals surface area contributed by atoms with Crippen molar-refractivity contribution in [2.75, 3.05) is 38.1 Å². The van der Waals surface area contributed by atoms with Crippen LogP contribution in [-0.2, 0) is 0 Å². The zero-order valence-corrected chi connectivity index (χ0v) is 14.0. The molecule has 1 aromatic carbocycles. The number of carbonyl (C=O) groups is 1. The van der Waals surface area contributed by atoms with E-state index in [-0.39, 0.29) is 6.03 Å².